The zero-order chi connectivity index (χ0) is 29.8. The highest BCUT2D eigenvalue weighted by molar-refractivity contribution is 7.87. The molecule has 0 N–H and O–H groups in total. The monoisotopic (exact) mass is 626 g/mol. The Balaban J connectivity index is 7.22. The molecule has 0 aromatic carbocycles. The molecule has 0 aliphatic rings. The summed E-state index contributed by atoms with van der Waals surface area (Å²) in [6, 6.07) is -4.35. The predicted molar refractivity (Wildman–Crippen MR) is 67.2 cm³/mol. The number of alkyl halides is 13. The number of rotatable bonds is 12. The van der Waals surface area contributed by atoms with Crippen LogP contribution in [0.2, 0.25) is 0 Å². The minimum atomic E-state index is -8.34. The van der Waals surface area contributed by atoms with Gasteiger partial charge in [0, 0.05) is 0 Å². The Morgan fingerprint density at radius 3 is 1.08 bits per heavy atom. The third-order valence-electron chi connectivity index (χ3n) is 2.93. The van der Waals surface area contributed by atoms with Crippen LogP contribution in [0, 0.1) is 0 Å². The summed E-state index contributed by atoms with van der Waals surface area (Å²) >= 11 is 0. The molecule has 1 atom stereocenters. The summed E-state index contributed by atoms with van der Waals surface area (Å²) in [4.78, 5) is 0. The smallest absolute Gasteiger partial charge is 0.398 e. The van der Waals surface area contributed by atoms with Crippen molar-refractivity contribution in [3.63, 3.8) is 0 Å². The fourth-order valence-electron chi connectivity index (χ4n) is 1.31. The van der Waals surface area contributed by atoms with Crippen molar-refractivity contribution in [2.75, 3.05) is 0 Å². The molecule has 0 bridgehead atoms. The van der Waals surface area contributed by atoms with Crippen LogP contribution in [0.3, 0.4) is 0 Å². The molecule has 36 heavy (non-hydrogen) atoms. The van der Waals surface area contributed by atoms with E-state index >= 15 is 0 Å². The molecule has 0 aromatic heterocycles. The molecule has 216 valence electrons. The molecule has 0 saturated heterocycles. The van der Waals surface area contributed by atoms with E-state index in [0.29, 0.717) is 0 Å². The van der Waals surface area contributed by atoms with Crippen molar-refractivity contribution in [1.82, 2.24) is 0 Å². The number of halogens is 18. The summed E-state index contributed by atoms with van der Waals surface area (Å²) in [5.74, 6) is -8.34. The van der Waals surface area contributed by atoms with Gasteiger partial charge in [0.05, 0.1) is 0 Å². The lowest BCUT2D eigenvalue weighted by molar-refractivity contribution is -0.552. The third-order valence-corrected chi connectivity index (χ3v) is 4.63. The highest BCUT2D eigenvalue weighted by atomic mass is 32.3. The van der Waals surface area contributed by atoms with Gasteiger partial charge in [-0.3, -0.25) is 4.74 Å². The van der Waals surface area contributed by atoms with Gasteiger partial charge in [0.15, 0.2) is 0 Å². The fourth-order valence-corrected chi connectivity index (χ4v) is 1.96. The van der Waals surface area contributed by atoms with E-state index in [1.807, 2.05) is 0 Å². The van der Waals surface area contributed by atoms with Gasteiger partial charge in [-0.1, -0.05) is 7.77 Å². The first-order valence-corrected chi connectivity index (χ1v) is 9.65. The molecule has 0 rings (SSSR count). The SMILES string of the molecule is O=S(=O)(F)C(F)(F)C(F)(F)OC(F)(F)C(F)(OC(F)(F)C(F)(F)S(=O)(=O)F)C(F)(F)OC(F)=C(F)F. The van der Waals surface area contributed by atoms with E-state index in [9.17, 15) is 94.9 Å². The molecule has 0 saturated carbocycles. The van der Waals surface area contributed by atoms with Crippen molar-refractivity contribution < 1.29 is 109 Å². The van der Waals surface area contributed by atoms with Crippen molar-refractivity contribution in [2.24, 2.45) is 0 Å². The maximum Gasteiger partial charge on any atom is 0.471 e. The topological polar surface area (TPSA) is 96.0 Å². The number of ether oxygens (including phenoxy) is 3. The summed E-state index contributed by atoms with van der Waals surface area (Å²) in [5.41, 5.74) is 0. The molecule has 0 radical (unpaired) electrons. The van der Waals surface area contributed by atoms with Crippen molar-refractivity contribution in [3.05, 3.63) is 12.1 Å². The second-order valence-corrected chi connectivity index (χ2v) is 8.19. The molecule has 0 aromatic rings. The van der Waals surface area contributed by atoms with E-state index in [1.165, 1.54) is 9.47 Å². The van der Waals surface area contributed by atoms with E-state index in [1.54, 1.807) is 4.74 Å². The Hall–Kier alpha value is -1.90. The average Bonchev–Trinajstić information content (AvgIpc) is 2.57. The quantitative estimate of drug-likeness (QED) is 0.173. The molecular weight excluding hydrogens is 626 g/mol. The van der Waals surface area contributed by atoms with Gasteiger partial charge in [0.2, 0.25) is 0 Å². The van der Waals surface area contributed by atoms with Gasteiger partial charge in [-0.05, 0) is 0 Å². The zero-order valence-electron chi connectivity index (χ0n) is 15.0. The van der Waals surface area contributed by atoms with Gasteiger partial charge in [-0.25, -0.2) is 4.74 Å². The van der Waals surface area contributed by atoms with Crippen LogP contribution in [0.5, 0.6) is 0 Å². The minimum absolute atomic E-state index is 1.21. The minimum Gasteiger partial charge on any atom is -0.398 e. The standard InChI is InChI=1S/C9F18O7S2/c10-1(11)2(12)32-4(14,15)3(13,33-6(18,19)8(22,23)35(26,28)29)5(16,17)34-7(20,21)9(24,25)36(27,30)31. The van der Waals surface area contributed by atoms with Crippen LogP contribution >= 0.6 is 0 Å². The van der Waals surface area contributed by atoms with Crippen molar-refractivity contribution >= 4 is 20.4 Å². The second kappa shape index (κ2) is 9.14. The lowest BCUT2D eigenvalue weighted by Gasteiger charge is -2.40. The lowest BCUT2D eigenvalue weighted by Crippen LogP contribution is -2.68. The van der Waals surface area contributed by atoms with Crippen LogP contribution in [0.1, 0.15) is 0 Å². The molecule has 0 aliphatic carbocycles. The van der Waals surface area contributed by atoms with E-state index in [-0.39, 0.29) is 0 Å². The van der Waals surface area contributed by atoms with Gasteiger partial charge in [-0.15, -0.1) is 0 Å². The van der Waals surface area contributed by atoms with Crippen molar-refractivity contribution in [3.8, 4) is 0 Å². The van der Waals surface area contributed by atoms with Crippen LogP contribution < -0.4 is 0 Å². The summed E-state index contributed by atoms with van der Waals surface area (Å²) in [7, 11) is -16.5. The van der Waals surface area contributed by atoms with E-state index < -0.39 is 73.3 Å². The summed E-state index contributed by atoms with van der Waals surface area (Å²) in [5, 5.41) is -15.5. The molecule has 0 aliphatic heterocycles. The largest absolute Gasteiger partial charge is 0.471 e. The van der Waals surface area contributed by atoms with Gasteiger partial charge >= 0.3 is 73.3 Å². The second-order valence-electron chi connectivity index (χ2n) is 5.41. The Labute approximate surface area is 183 Å². The average molecular weight is 626 g/mol. The number of hydrogen-bond donors (Lipinski definition) is 0. The first kappa shape index (κ1) is 34.1. The molecule has 0 spiro atoms. The maximum atomic E-state index is 14.2. The van der Waals surface area contributed by atoms with Crippen LogP contribution in [-0.2, 0) is 34.7 Å². The van der Waals surface area contributed by atoms with Gasteiger partial charge in [-0.2, -0.15) is 87.1 Å². The third kappa shape index (κ3) is 5.81. The van der Waals surface area contributed by atoms with E-state index in [4.69, 9.17) is 0 Å². The Bertz CT molecular complexity index is 1080. The lowest BCUT2D eigenvalue weighted by atomic mass is 10.2. The van der Waals surface area contributed by atoms with Crippen LogP contribution in [0.4, 0.5) is 78.0 Å². The summed E-state index contributed by atoms with van der Waals surface area (Å²) < 4.78 is 278. The molecule has 0 heterocycles. The van der Waals surface area contributed by atoms with E-state index in [0.717, 1.165) is 0 Å². The van der Waals surface area contributed by atoms with Crippen LogP contribution in [0.25, 0.3) is 0 Å². The first-order valence-electron chi connectivity index (χ1n) is 6.88. The maximum absolute atomic E-state index is 14.2. The van der Waals surface area contributed by atoms with Gasteiger partial charge in [0.25, 0.3) is 0 Å². The molecule has 27 heteroatoms. The molecule has 7 nitrogen and oxygen atoms in total. The summed E-state index contributed by atoms with van der Waals surface area (Å²) in [6.07, 6.45) is -36.5. The van der Waals surface area contributed by atoms with Crippen molar-refractivity contribution in [1.29, 1.82) is 0 Å². The molecule has 1 unspecified atom stereocenters. The molecule has 0 amide bonds. The Kier molecular flexibility index (Phi) is 8.65. The zero-order valence-corrected chi connectivity index (χ0v) is 16.6. The normalized spacial score (nSPS) is 16.9. The Morgan fingerprint density at radius 2 is 0.806 bits per heavy atom. The molecule has 0 fully saturated rings. The predicted octanol–water partition coefficient (Wildman–Crippen LogP) is 4.89. The first-order chi connectivity index (χ1) is 15.2. The number of hydrogen-bond acceptors (Lipinski definition) is 7. The van der Waals surface area contributed by atoms with Gasteiger partial charge in [0.1, 0.15) is 0 Å². The van der Waals surface area contributed by atoms with Crippen molar-refractivity contribution in [2.45, 2.75) is 40.8 Å². The van der Waals surface area contributed by atoms with Crippen LogP contribution in [-0.4, -0.2) is 57.6 Å². The summed E-state index contributed by atoms with van der Waals surface area (Å²) in [6.45, 7) is 0. The van der Waals surface area contributed by atoms with Gasteiger partial charge < -0.3 is 4.74 Å². The fraction of sp³-hybridized carbons (Fsp3) is 0.778. The van der Waals surface area contributed by atoms with Crippen LogP contribution in [0.15, 0.2) is 12.1 Å². The van der Waals surface area contributed by atoms with E-state index in [2.05, 4.69) is 0 Å². The highest BCUT2D eigenvalue weighted by Crippen LogP contribution is 2.56. The Morgan fingerprint density at radius 1 is 0.500 bits per heavy atom. The molecular formula is C9F18O7S2. The highest BCUT2D eigenvalue weighted by Gasteiger charge is 2.85.